The Morgan fingerprint density at radius 3 is 2.29 bits per heavy atom. The number of hydrogen-bond donors (Lipinski definition) is 0. The van der Waals surface area contributed by atoms with E-state index in [-0.39, 0.29) is 0 Å². The number of benzene rings is 2. The van der Waals surface area contributed by atoms with Crippen LogP contribution in [0.3, 0.4) is 0 Å². The summed E-state index contributed by atoms with van der Waals surface area (Å²) in [7, 11) is 0. The second kappa shape index (κ2) is 6.05. The van der Waals surface area contributed by atoms with Crippen molar-refractivity contribution in [3.05, 3.63) is 77.4 Å². The van der Waals surface area contributed by atoms with Crippen molar-refractivity contribution >= 4 is 6.08 Å². The fraction of sp³-hybridized carbons (Fsp3) is 0.176. The minimum atomic E-state index is 1.10. The van der Waals surface area contributed by atoms with Crippen LogP contribution in [-0.2, 0) is 6.42 Å². The first-order valence-corrected chi connectivity index (χ1v) is 6.12. The van der Waals surface area contributed by atoms with Crippen molar-refractivity contribution in [3.8, 4) is 0 Å². The topological polar surface area (TPSA) is 0 Å². The highest BCUT2D eigenvalue weighted by atomic mass is 13.9. The Morgan fingerprint density at radius 1 is 0.882 bits per heavy atom. The lowest BCUT2D eigenvalue weighted by Crippen LogP contribution is -1.81. The Kier molecular flexibility index (Phi) is 4.15. The molecular weight excluding hydrogens is 204 g/mol. The molecule has 0 aliphatic heterocycles. The minimum Gasteiger partial charge on any atom is -0.0836 e. The Labute approximate surface area is 104 Å². The van der Waals surface area contributed by atoms with Crippen LogP contribution in [0.25, 0.3) is 6.08 Å². The zero-order chi connectivity index (χ0) is 11.9. The van der Waals surface area contributed by atoms with Gasteiger partial charge in [0.15, 0.2) is 0 Å². The van der Waals surface area contributed by atoms with E-state index < -0.39 is 0 Å². The van der Waals surface area contributed by atoms with Gasteiger partial charge in [0.1, 0.15) is 0 Å². The summed E-state index contributed by atoms with van der Waals surface area (Å²) in [6.45, 7) is 2.11. The van der Waals surface area contributed by atoms with Gasteiger partial charge in [-0.3, -0.25) is 0 Å². The van der Waals surface area contributed by atoms with Crippen LogP contribution >= 0.6 is 0 Å². The summed E-state index contributed by atoms with van der Waals surface area (Å²) in [5.74, 6) is 0. The molecule has 0 aliphatic carbocycles. The molecule has 0 amide bonds. The first-order valence-electron chi connectivity index (χ1n) is 6.12. The summed E-state index contributed by atoms with van der Waals surface area (Å²) < 4.78 is 0. The Bertz CT molecular complexity index is 463. The second-order valence-electron chi connectivity index (χ2n) is 4.34. The highest BCUT2D eigenvalue weighted by Crippen LogP contribution is 2.07. The Hall–Kier alpha value is -1.82. The van der Waals surface area contributed by atoms with E-state index >= 15 is 0 Å². The van der Waals surface area contributed by atoms with Crippen molar-refractivity contribution in [1.82, 2.24) is 0 Å². The molecule has 0 N–H and O–H groups in total. The number of allylic oxidation sites excluding steroid dienone is 1. The van der Waals surface area contributed by atoms with E-state index in [2.05, 4.69) is 73.7 Å². The zero-order valence-electron chi connectivity index (χ0n) is 10.3. The van der Waals surface area contributed by atoms with Crippen LogP contribution in [0.2, 0.25) is 0 Å². The van der Waals surface area contributed by atoms with Crippen LogP contribution in [0.4, 0.5) is 0 Å². The van der Waals surface area contributed by atoms with Crippen LogP contribution < -0.4 is 0 Å². The molecule has 0 heterocycles. The van der Waals surface area contributed by atoms with Gasteiger partial charge in [-0.05, 0) is 30.9 Å². The molecule has 0 spiro atoms. The fourth-order valence-electron chi connectivity index (χ4n) is 1.79. The zero-order valence-corrected chi connectivity index (χ0v) is 10.3. The monoisotopic (exact) mass is 222 g/mol. The third-order valence-electron chi connectivity index (χ3n) is 2.83. The molecule has 0 saturated carbocycles. The van der Waals surface area contributed by atoms with Crippen molar-refractivity contribution in [1.29, 1.82) is 0 Å². The van der Waals surface area contributed by atoms with E-state index in [1.807, 2.05) is 0 Å². The van der Waals surface area contributed by atoms with E-state index in [4.69, 9.17) is 0 Å². The predicted molar refractivity (Wildman–Crippen MR) is 75.0 cm³/mol. The summed E-state index contributed by atoms with van der Waals surface area (Å²) in [6, 6.07) is 19.2. The number of aryl methyl sites for hydroxylation is 2. The van der Waals surface area contributed by atoms with Gasteiger partial charge < -0.3 is 0 Å². The fourth-order valence-corrected chi connectivity index (χ4v) is 1.79. The molecule has 0 fully saturated rings. The average molecular weight is 222 g/mol. The van der Waals surface area contributed by atoms with Crippen molar-refractivity contribution in [3.63, 3.8) is 0 Å². The lowest BCUT2D eigenvalue weighted by Gasteiger charge is -1.97. The Morgan fingerprint density at radius 2 is 1.59 bits per heavy atom. The Balaban J connectivity index is 1.84. The molecule has 0 radical (unpaired) electrons. The molecule has 0 nitrogen and oxygen atoms in total. The number of rotatable bonds is 4. The van der Waals surface area contributed by atoms with Gasteiger partial charge in [0.05, 0.1) is 0 Å². The first kappa shape index (κ1) is 11.7. The van der Waals surface area contributed by atoms with Crippen molar-refractivity contribution in [2.45, 2.75) is 19.8 Å². The molecule has 0 atom stereocenters. The van der Waals surface area contributed by atoms with E-state index in [9.17, 15) is 0 Å². The molecule has 0 unspecified atom stereocenters. The highest BCUT2D eigenvalue weighted by Gasteiger charge is 1.89. The molecule has 17 heavy (non-hydrogen) atoms. The van der Waals surface area contributed by atoms with Gasteiger partial charge >= 0.3 is 0 Å². The van der Waals surface area contributed by atoms with Crippen molar-refractivity contribution in [2.24, 2.45) is 0 Å². The molecule has 0 aliphatic rings. The van der Waals surface area contributed by atoms with Crippen LogP contribution in [0.5, 0.6) is 0 Å². The molecule has 2 aromatic rings. The maximum Gasteiger partial charge on any atom is -0.0244 e. The van der Waals surface area contributed by atoms with Crippen molar-refractivity contribution in [2.75, 3.05) is 0 Å². The second-order valence-corrected chi connectivity index (χ2v) is 4.34. The summed E-state index contributed by atoms with van der Waals surface area (Å²) in [4.78, 5) is 0. The summed E-state index contributed by atoms with van der Waals surface area (Å²) in [6.07, 6.45) is 6.65. The standard InChI is InChI=1S/C17H18/c1-15-11-13-17(14-12-15)10-6-5-9-16-7-3-2-4-8-16/h2-4,6-8,10-14H,5,9H2,1H3/b10-6+. The van der Waals surface area contributed by atoms with E-state index in [0.717, 1.165) is 12.8 Å². The summed E-state index contributed by atoms with van der Waals surface area (Å²) in [5.41, 5.74) is 4.00. The van der Waals surface area contributed by atoms with E-state index in [0.29, 0.717) is 0 Å². The summed E-state index contributed by atoms with van der Waals surface area (Å²) >= 11 is 0. The SMILES string of the molecule is Cc1ccc(/C=C/CCc2ccccc2)cc1. The lowest BCUT2D eigenvalue weighted by molar-refractivity contribution is 1.01. The van der Waals surface area contributed by atoms with E-state index in [1.54, 1.807) is 0 Å². The lowest BCUT2D eigenvalue weighted by atomic mass is 10.1. The third-order valence-corrected chi connectivity index (χ3v) is 2.83. The minimum absolute atomic E-state index is 1.10. The maximum absolute atomic E-state index is 2.25. The molecule has 0 aromatic heterocycles. The predicted octanol–water partition coefficient (Wildman–Crippen LogP) is 4.64. The van der Waals surface area contributed by atoms with Gasteiger partial charge in [-0.25, -0.2) is 0 Å². The third kappa shape index (κ3) is 3.92. The molecule has 86 valence electrons. The van der Waals surface area contributed by atoms with E-state index in [1.165, 1.54) is 16.7 Å². The van der Waals surface area contributed by atoms with Gasteiger partial charge in [-0.2, -0.15) is 0 Å². The van der Waals surface area contributed by atoms with Crippen LogP contribution in [0.1, 0.15) is 23.1 Å². The van der Waals surface area contributed by atoms with Gasteiger partial charge in [0.2, 0.25) is 0 Å². The average Bonchev–Trinajstić information content (AvgIpc) is 2.38. The van der Waals surface area contributed by atoms with Crippen LogP contribution in [0, 0.1) is 6.92 Å². The summed E-state index contributed by atoms with van der Waals surface area (Å²) in [5, 5.41) is 0. The van der Waals surface area contributed by atoms with Crippen LogP contribution in [0.15, 0.2) is 60.7 Å². The van der Waals surface area contributed by atoms with Gasteiger partial charge in [0, 0.05) is 0 Å². The van der Waals surface area contributed by atoms with Crippen LogP contribution in [-0.4, -0.2) is 0 Å². The molecule has 0 saturated heterocycles. The van der Waals surface area contributed by atoms with Gasteiger partial charge in [0.25, 0.3) is 0 Å². The van der Waals surface area contributed by atoms with Crippen molar-refractivity contribution < 1.29 is 0 Å². The highest BCUT2D eigenvalue weighted by molar-refractivity contribution is 5.49. The first-order chi connectivity index (χ1) is 8.34. The molecule has 0 heteroatoms. The van der Waals surface area contributed by atoms with Gasteiger partial charge in [-0.15, -0.1) is 0 Å². The molecule has 2 rings (SSSR count). The molecular formula is C17H18. The largest absolute Gasteiger partial charge is 0.0836 e. The molecule has 2 aromatic carbocycles. The quantitative estimate of drug-likeness (QED) is 0.707. The number of hydrogen-bond acceptors (Lipinski definition) is 0. The van der Waals surface area contributed by atoms with Gasteiger partial charge in [-0.1, -0.05) is 72.3 Å². The smallest absolute Gasteiger partial charge is 0.0244 e. The maximum atomic E-state index is 2.25. The normalized spacial score (nSPS) is 10.9. The molecule has 0 bridgehead atoms.